The molecule has 1 aromatic carbocycles. The van der Waals surface area contributed by atoms with Crippen molar-refractivity contribution in [2.75, 3.05) is 0 Å². The van der Waals surface area contributed by atoms with Gasteiger partial charge in [-0.15, -0.1) is 11.8 Å². The van der Waals surface area contributed by atoms with Gasteiger partial charge in [-0.25, -0.2) is 0 Å². The van der Waals surface area contributed by atoms with E-state index in [-0.39, 0.29) is 6.04 Å². The first kappa shape index (κ1) is 16.1. The maximum absolute atomic E-state index is 6.14. The average Bonchev–Trinajstić information content (AvgIpc) is 2.72. The molecule has 0 aliphatic heterocycles. The van der Waals surface area contributed by atoms with Crippen molar-refractivity contribution in [1.29, 1.82) is 0 Å². The number of thioether (sulfide) groups is 1. The van der Waals surface area contributed by atoms with Gasteiger partial charge in [-0.3, -0.25) is 4.68 Å². The molecule has 1 unspecified atom stereocenters. The van der Waals surface area contributed by atoms with Crippen molar-refractivity contribution in [2.24, 2.45) is 12.8 Å². The van der Waals surface area contributed by atoms with Gasteiger partial charge in [0.25, 0.3) is 0 Å². The largest absolute Gasteiger partial charge is 0.327 e. The monoisotopic (exact) mass is 303 g/mol. The van der Waals surface area contributed by atoms with Crippen molar-refractivity contribution in [3.05, 3.63) is 46.6 Å². The van der Waals surface area contributed by atoms with Crippen LogP contribution in [-0.4, -0.2) is 15.8 Å². The molecule has 0 spiro atoms. The van der Waals surface area contributed by atoms with Gasteiger partial charge in [0.15, 0.2) is 0 Å². The zero-order chi connectivity index (χ0) is 15.4. The fraction of sp³-hybridized carbons (Fsp3) is 0.471. The smallest absolute Gasteiger partial charge is 0.0975 e. The number of benzene rings is 1. The molecule has 0 aliphatic carbocycles. The molecule has 114 valence electrons. The van der Waals surface area contributed by atoms with Crippen molar-refractivity contribution in [1.82, 2.24) is 9.78 Å². The Kier molecular flexibility index (Phi) is 5.48. The van der Waals surface area contributed by atoms with Crippen LogP contribution in [0, 0.1) is 13.8 Å². The van der Waals surface area contributed by atoms with Crippen LogP contribution in [0.2, 0.25) is 0 Å². The summed E-state index contributed by atoms with van der Waals surface area (Å²) >= 11 is 1.86. The molecule has 2 rings (SSSR count). The third kappa shape index (κ3) is 3.89. The predicted octanol–water partition coefficient (Wildman–Crippen LogP) is 3.61. The average molecular weight is 303 g/mol. The maximum atomic E-state index is 6.14. The maximum Gasteiger partial charge on any atom is 0.0975 e. The Morgan fingerprint density at radius 2 is 2.00 bits per heavy atom. The van der Waals surface area contributed by atoms with Gasteiger partial charge in [-0.2, -0.15) is 5.10 Å². The summed E-state index contributed by atoms with van der Waals surface area (Å²) in [6.07, 6.45) is 1.91. The molecule has 4 heteroatoms. The second-order valence-electron chi connectivity index (χ2n) is 5.58. The number of nitrogens with zero attached hydrogens (tertiary/aromatic N) is 2. The molecule has 0 aliphatic rings. The van der Waals surface area contributed by atoms with Gasteiger partial charge in [-0.1, -0.05) is 31.2 Å². The van der Waals surface area contributed by atoms with Gasteiger partial charge >= 0.3 is 0 Å². The normalized spacial score (nSPS) is 12.6. The molecule has 2 N–H and O–H groups in total. The summed E-state index contributed by atoms with van der Waals surface area (Å²) in [5.41, 5.74) is 11.3. The summed E-state index contributed by atoms with van der Waals surface area (Å²) in [6.45, 7) is 6.38. The van der Waals surface area contributed by atoms with E-state index in [1.807, 2.05) is 23.5 Å². The van der Waals surface area contributed by atoms with Crippen molar-refractivity contribution in [3.63, 3.8) is 0 Å². The lowest BCUT2D eigenvalue weighted by Crippen LogP contribution is -2.21. The van der Waals surface area contributed by atoms with E-state index in [1.54, 1.807) is 0 Å². The number of rotatable bonds is 6. The highest BCUT2D eigenvalue weighted by Crippen LogP contribution is 2.29. The zero-order valence-electron chi connectivity index (χ0n) is 13.4. The van der Waals surface area contributed by atoms with E-state index < -0.39 is 0 Å². The van der Waals surface area contributed by atoms with Crippen molar-refractivity contribution in [3.8, 4) is 0 Å². The van der Waals surface area contributed by atoms with Crippen molar-refractivity contribution in [2.45, 2.75) is 50.4 Å². The van der Waals surface area contributed by atoms with Crippen LogP contribution in [0.25, 0.3) is 0 Å². The molecular formula is C17H25N3S. The highest BCUT2D eigenvalue weighted by molar-refractivity contribution is 7.98. The summed E-state index contributed by atoms with van der Waals surface area (Å²) in [6, 6.07) is 8.77. The fourth-order valence-electron chi connectivity index (χ4n) is 2.42. The predicted molar refractivity (Wildman–Crippen MR) is 90.7 cm³/mol. The first-order valence-corrected chi connectivity index (χ1v) is 8.46. The molecule has 0 amide bonds. The third-order valence-corrected chi connectivity index (χ3v) is 5.14. The fourth-order valence-corrected chi connectivity index (χ4v) is 3.67. The highest BCUT2D eigenvalue weighted by atomic mass is 32.2. The quantitative estimate of drug-likeness (QED) is 0.829. The summed E-state index contributed by atoms with van der Waals surface area (Å²) in [7, 11) is 2.02. The molecule has 21 heavy (non-hydrogen) atoms. The van der Waals surface area contributed by atoms with Crippen LogP contribution in [0.1, 0.15) is 35.7 Å². The topological polar surface area (TPSA) is 43.8 Å². The molecule has 1 aromatic heterocycles. The van der Waals surface area contributed by atoms with Gasteiger partial charge in [0, 0.05) is 24.4 Å². The molecule has 1 atom stereocenters. The number of hydrogen-bond donors (Lipinski definition) is 1. The van der Waals surface area contributed by atoms with Gasteiger partial charge < -0.3 is 5.73 Å². The number of hydrogen-bond acceptors (Lipinski definition) is 3. The summed E-state index contributed by atoms with van der Waals surface area (Å²) in [5, 5.41) is 5.82. The van der Waals surface area contributed by atoms with E-state index in [9.17, 15) is 0 Å². The third-order valence-electron chi connectivity index (χ3n) is 3.91. The Morgan fingerprint density at radius 3 is 2.67 bits per heavy atom. The lowest BCUT2D eigenvalue weighted by molar-refractivity contribution is 0.631. The molecule has 0 saturated heterocycles. The van der Waals surface area contributed by atoms with E-state index in [0.717, 1.165) is 24.3 Å². The minimum Gasteiger partial charge on any atom is -0.327 e. The molecule has 0 radical (unpaired) electrons. The van der Waals surface area contributed by atoms with Crippen LogP contribution >= 0.6 is 11.8 Å². The first-order valence-electron chi connectivity index (χ1n) is 7.48. The van der Waals surface area contributed by atoms with E-state index in [2.05, 4.69) is 50.1 Å². The minimum atomic E-state index is 0.214. The molecule has 3 nitrogen and oxygen atoms in total. The summed E-state index contributed by atoms with van der Waals surface area (Å²) in [5.74, 6) is 0.972. The number of aryl methyl sites for hydroxylation is 3. The first-order chi connectivity index (χ1) is 10.0. The molecule has 0 saturated carbocycles. The second-order valence-corrected chi connectivity index (χ2v) is 6.54. The Bertz CT molecular complexity index is 604. The molecule has 2 aromatic rings. The van der Waals surface area contributed by atoms with E-state index in [4.69, 9.17) is 5.73 Å². The van der Waals surface area contributed by atoms with E-state index in [0.29, 0.717) is 0 Å². The van der Waals surface area contributed by atoms with Gasteiger partial charge in [0.1, 0.15) is 0 Å². The molecular weight excluding hydrogens is 278 g/mol. The molecule has 1 heterocycles. The van der Waals surface area contributed by atoms with E-state index >= 15 is 0 Å². The second kappa shape index (κ2) is 7.14. The highest BCUT2D eigenvalue weighted by Gasteiger charge is 2.16. The Balaban J connectivity index is 2.18. The van der Waals surface area contributed by atoms with Crippen molar-refractivity contribution < 1.29 is 0 Å². The Hall–Kier alpha value is -1.26. The van der Waals surface area contributed by atoms with Crippen LogP contribution in [0.5, 0.6) is 0 Å². The van der Waals surface area contributed by atoms with Crippen LogP contribution in [-0.2, 0) is 19.2 Å². The Morgan fingerprint density at radius 1 is 1.29 bits per heavy atom. The van der Waals surface area contributed by atoms with Gasteiger partial charge in [-0.05, 0) is 37.8 Å². The number of aromatic nitrogens is 2. The molecule has 0 fully saturated rings. The zero-order valence-corrected chi connectivity index (χ0v) is 14.2. The van der Waals surface area contributed by atoms with Crippen LogP contribution in [0.4, 0.5) is 0 Å². The summed E-state index contributed by atoms with van der Waals surface area (Å²) in [4.78, 5) is 0. The summed E-state index contributed by atoms with van der Waals surface area (Å²) < 4.78 is 2.00. The van der Waals surface area contributed by atoms with Crippen LogP contribution in [0.15, 0.2) is 29.3 Å². The molecule has 0 bridgehead atoms. The SMILES string of the molecule is CCC(N)Cc1c(C)nn(C)c1SCc1ccccc1C. The minimum absolute atomic E-state index is 0.214. The van der Waals surface area contributed by atoms with Crippen molar-refractivity contribution >= 4 is 11.8 Å². The van der Waals surface area contributed by atoms with Crippen LogP contribution < -0.4 is 5.73 Å². The Labute approximate surface area is 131 Å². The van der Waals surface area contributed by atoms with Crippen LogP contribution in [0.3, 0.4) is 0 Å². The standard InChI is InChI=1S/C17H25N3S/c1-5-15(18)10-16-13(3)19-20(4)17(16)21-11-14-9-7-6-8-12(14)2/h6-9,15H,5,10-11,18H2,1-4H3. The van der Waals surface area contributed by atoms with Gasteiger partial charge in [0.2, 0.25) is 0 Å². The van der Waals surface area contributed by atoms with E-state index in [1.165, 1.54) is 21.7 Å². The lowest BCUT2D eigenvalue weighted by atomic mass is 10.1. The van der Waals surface area contributed by atoms with Gasteiger partial charge in [0.05, 0.1) is 10.7 Å². The lowest BCUT2D eigenvalue weighted by Gasteiger charge is -2.11. The number of nitrogens with two attached hydrogens (primary N) is 1.